The lowest BCUT2D eigenvalue weighted by Crippen LogP contribution is -2.56. The molecule has 0 saturated heterocycles. The normalized spacial score (nSPS) is 48.5. The highest BCUT2D eigenvalue weighted by Crippen LogP contribution is 2.65. The number of hydrogen-bond acceptors (Lipinski definition) is 1. The highest BCUT2D eigenvalue weighted by molar-refractivity contribution is 5.38. The third-order valence-corrected chi connectivity index (χ3v) is 8.30. The summed E-state index contributed by atoms with van der Waals surface area (Å²) >= 11 is 0. The van der Waals surface area contributed by atoms with Gasteiger partial charge in [0.15, 0.2) is 0 Å². The maximum Gasteiger partial charge on any atom is 0.0967 e. The number of hydrogen-bond donors (Lipinski definition) is 1. The minimum atomic E-state index is -0.319. The lowest BCUT2D eigenvalue weighted by atomic mass is 9.43. The van der Waals surface area contributed by atoms with Crippen molar-refractivity contribution in [3.05, 3.63) is 23.3 Å². The third kappa shape index (κ3) is 1.64. The Hall–Kier alpha value is -0.560. The van der Waals surface area contributed by atoms with Gasteiger partial charge in [0.05, 0.1) is 6.10 Å². The summed E-state index contributed by atoms with van der Waals surface area (Å²) in [6.07, 6.45) is 7.09. The molecular formula is C21H32O. The largest absolute Gasteiger partial charge is 0.384 e. The fraction of sp³-hybridized carbons (Fsp3) is 0.810. The molecule has 1 heteroatoms. The Labute approximate surface area is 135 Å². The molecule has 0 spiro atoms. The van der Waals surface area contributed by atoms with Crippen molar-refractivity contribution in [1.29, 1.82) is 0 Å². The van der Waals surface area contributed by atoms with Crippen molar-refractivity contribution < 1.29 is 5.11 Å². The van der Waals surface area contributed by atoms with Crippen LogP contribution in [0.25, 0.3) is 0 Å². The topological polar surface area (TPSA) is 20.2 Å². The third-order valence-electron chi connectivity index (χ3n) is 8.30. The second kappa shape index (κ2) is 4.29. The Bertz CT molecular complexity index is 514. The SMILES string of the molecule is C[C@H]1C=C(C(O)C2=C[C@H](C)C3CC2C3(C)C)C2CC1C2(C)C. The van der Waals surface area contributed by atoms with Gasteiger partial charge in [-0.3, -0.25) is 0 Å². The maximum absolute atomic E-state index is 11.3. The van der Waals surface area contributed by atoms with Gasteiger partial charge in [0.2, 0.25) is 0 Å². The lowest BCUT2D eigenvalue weighted by Gasteiger charge is -2.62. The number of allylic oxidation sites excluding steroid dienone is 2. The Morgan fingerprint density at radius 1 is 0.864 bits per heavy atom. The second-order valence-electron chi connectivity index (χ2n) is 9.89. The van der Waals surface area contributed by atoms with E-state index in [2.05, 4.69) is 53.7 Å². The highest BCUT2D eigenvalue weighted by atomic mass is 16.3. The summed E-state index contributed by atoms with van der Waals surface area (Å²) < 4.78 is 0. The van der Waals surface area contributed by atoms with Gasteiger partial charge in [-0.1, -0.05) is 53.7 Å². The second-order valence-corrected chi connectivity index (χ2v) is 9.89. The molecule has 6 aliphatic carbocycles. The first-order valence-electron chi connectivity index (χ1n) is 9.27. The van der Waals surface area contributed by atoms with Crippen LogP contribution >= 0.6 is 0 Å². The molecule has 2 saturated carbocycles. The zero-order chi connectivity index (χ0) is 16.0. The van der Waals surface area contributed by atoms with Crippen molar-refractivity contribution in [3.8, 4) is 0 Å². The summed E-state index contributed by atoms with van der Waals surface area (Å²) in [6.45, 7) is 14.3. The molecule has 1 nitrogen and oxygen atoms in total. The molecule has 4 bridgehead atoms. The monoisotopic (exact) mass is 300 g/mol. The van der Waals surface area contributed by atoms with Gasteiger partial charge in [-0.25, -0.2) is 0 Å². The minimum absolute atomic E-state index is 0.319. The van der Waals surface area contributed by atoms with Crippen molar-refractivity contribution >= 4 is 0 Å². The molecule has 0 aromatic rings. The molecule has 2 fully saturated rings. The van der Waals surface area contributed by atoms with Crippen LogP contribution in [0.1, 0.15) is 54.4 Å². The summed E-state index contributed by atoms with van der Waals surface area (Å²) in [5.74, 6) is 4.07. The van der Waals surface area contributed by atoms with Gasteiger partial charge in [0.1, 0.15) is 0 Å². The Balaban J connectivity index is 1.67. The Morgan fingerprint density at radius 3 is 1.50 bits per heavy atom. The molecule has 6 atom stereocenters. The van der Waals surface area contributed by atoms with E-state index in [0.29, 0.717) is 34.5 Å². The lowest BCUT2D eigenvalue weighted by molar-refractivity contribution is -0.0617. The Kier molecular flexibility index (Phi) is 2.92. The van der Waals surface area contributed by atoms with E-state index in [4.69, 9.17) is 0 Å². The van der Waals surface area contributed by atoms with Crippen LogP contribution < -0.4 is 0 Å². The first-order valence-corrected chi connectivity index (χ1v) is 9.27. The maximum atomic E-state index is 11.3. The number of aliphatic hydroxyl groups is 1. The Morgan fingerprint density at radius 2 is 1.23 bits per heavy atom. The van der Waals surface area contributed by atoms with Crippen LogP contribution in [0, 0.1) is 46.3 Å². The summed E-state index contributed by atoms with van der Waals surface area (Å²) in [7, 11) is 0. The van der Waals surface area contributed by atoms with Gasteiger partial charge in [0.25, 0.3) is 0 Å². The molecule has 22 heavy (non-hydrogen) atoms. The van der Waals surface area contributed by atoms with Crippen LogP contribution in [0.3, 0.4) is 0 Å². The average Bonchev–Trinajstić information content (AvgIpc) is 2.44. The molecule has 122 valence electrons. The van der Waals surface area contributed by atoms with Crippen molar-refractivity contribution in [2.24, 2.45) is 46.3 Å². The van der Waals surface area contributed by atoms with Crippen LogP contribution in [0.2, 0.25) is 0 Å². The van der Waals surface area contributed by atoms with Crippen LogP contribution in [0.15, 0.2) is 23.3 Å². The van der Waals surface area contributed by atoms with Crippen LogP contribution in [-0.4, -0.2) is 11.2 Å². The molecule has 0 amide bonds. The summed E-state index contributed by atoms with van der Waals surface area (Å²) in [4.78, 5) is 0. The molecule has 1 N–H and O–H groups in total. The number of rotatable bonds is 2. The smallest absolute Gasteiger partial charge is 0.0967 e. The molecule has 4 unspecified atom stereocenters. The zero-order valence-corrected chi connectivity index (χ0v) is 15.1. The fourth-order valence-electron chi connectivity index (χ4n) is 6.66. The minimum Gasteiger partial charge on any atom is -0.384 e. The summed E-state index contributed by atoms with van der Waals surface area (Å²) in [6, 6.07) is 0. The van der Waals surface area contributed by atoms with Gasteiger partial charge < -0.3 is 5.11 Å². The van der Waals surface area contributed by atoms with Crippen LogP contribution in [-0.2, 0) is 0 Å². The molecule has 0 heterocycles. The van der Waals surface area contributed by atoms with E-state index >= 15 is 0 Å². The first kappa shape index (κ1) is 15.0. The molecule has 0 aliphatic heterocycles. The molecule has 6 rings (SSSR count). The molecule has 0 aromatic carbocycles. The van der Waals surface area contributed by atoms with Gasteiger partial charge in [-0.2, -0.15) is 0 Å². The quantitative estimate of drug-likeness (QED) is 0.725. The highest BCUT2D eigenvalue weighted by Gasteiger charge is 2.58. The van der Waals surface area contributed by atoms with E-state index in [-0.39, 0.29) is 6.10 Å². The van der Waals surface area contributed by atoms with E-state index in [1.54, 1.807) is 0 Å². The van der Waals surface area contributed by atoms with Crippen molar-refractivity contribution in [3.63, 3.8) is 0 Å². The zero-order valence-electron chi connectivity index (χ0n) is 15.1. The van der Waals surface area contributed by atoms with Crippen molar-refractivity contribution in [2.75, 3.05) is 0 Å². The van der Waals surface area contributed by atoms with Crippen LogP contribution in [0.4, 0.5) is 0 Å². The molecule has 6 aliphatic rings. The molecule has 0 aromatic heterocycles. The summed E-state index contributed by atoms with van der Waals surface area (Å²) in [5.41, 5.74) is 3.45. The van der Waals surface area contributed by atoms with Gasteiger partial charge >= 0.3 is 0 Å². The predicted octanol–water partition coefficient (Wildman–Crippen LogP) is 4.82. The van der Waals surface area contributed by atoms with E-state index < -0.39 is 0 Å². The van der Waals surface area contributed by atoms with Crippen molar-refractivity contribution in [1.82, 2.24) is 0 Å². The van der Waals surface area contributed by atoms with Crippen LogP contribution in [0.5, 0.6) is 0 Å². The van der Waals surface area contributed by atoms with E-state index in [1.165, 1.54) is 24.0 Å². The first-order chi connectivity index (χ1) is 10.2. The number of aliphatic hydroxyl groups excluding tert-OH is 1. The van der Waals surface area contributed by atoms with Gasteiger partial charge in [-0.15, -0.1) is 0 Å². The predicted molar refractivity (Wildman–Crippen MR) is 91.3 cm³/mol. The molecule has 0 radical (unpaired) electrons. The van der Waals surface area contributed by atoms with E-state index in [1.807, 2.05) is 0 Å². The summed E-state index contributed by atoms with van der Waals surface area (Å²) in [5, 5.41) is 11.3. The fourth-order valence-corrected chi connectivity index (χ4v) is 6.66. The van der Waals surface area contributed by atoms with Crippen molar-refractivity contribution in [2.45, 2.75) is 60.5 Å². The van der Waals surface area contributed by atoms with E-state index in [9.17, 15) is 5.11 Å². The van der Waals surface area contributed by atoms with E-state index in [0.717, 1.165) is 11.8 Å². The number of fused-ring (bicyclic) bond motifs is 2. The average molecular weight is 300 g/mol. The van der Waals surface area contributed by atoms with Gasteiger partial charge in [0, 0.05) is 0 Å². The molecular weight excluding hydrogens is 268 g/mol. The van der Waals surface area contributed by atoms with Gasteiger partial charge in [-0.05, 0) is 70.3 Å². The standard InChI is InChI=1S/C21H32O/c1-11-7-13(17-9-15(11)20(17,3)4)19(22)14-8-12(2)16-10-18(14)21(16,5)6/h7-8,11-12,15-19,22H,9-10H2,1-6H3/t11-,12-,15?,16?,17?,18?,19?/m0/s1.